The highest BCUT2D eigenvalue weighted by molar-refractivity contribution is 7.92. The molecule has 4 aromatic rings. The third-order valence-corrected chi connectivity index (χ3v) is 6.01. The van der Waals surface area contributed by atoms with E-state index in [4.69, 9.17) is 11.6 Å². The van der Waals surface area contributed by atoms with Crippen LogP contribution in [-0.4, -0.2) is 18.4 Å². The molecular weight excluding hydrogens is 446 g/mol. The van der Waals surface area contributed by atoms with Gasteiger partial charge in [0.1, 0.15) is 5.82 Å². The molecule has 0 aliphatic rings. The summed E-state index contributed by atoms with van der Waals surface area (Å²) in [5, 5.41) is 6.74. The maximum atomic E-state index is 12.5. The van der Waals surface area contributed by atoms with Gasteiger partial charge in [0, 0.05) is 33.8 Å². The molecule has 3 aromatic carbocycles. The molecule has 0 spiro atoms. The predicted molar refractivity (Wildman–Crippen MR) is 128 cm³/mol. The Morgan fingerprint density at radius 1 is 0.750 bits per heavy atom. The zero-order valence-corrected chi connectivity index (χ0v) is 18.7. The van der Waals surface area contributed by atoms with Crippen LogP contribution >= 0.6 is 11.6 Å². The molecule has 0 saturated heterocycles. The first-order valence-electron chi connectivity index (χ1n) is 9.71. The first-order valence-corrected chi connectivity index (χ1v) is 11.6. The maximum Gasteiger partial charge on any atom is 0.261 e. The lowest BCUT2D eigenvalue weighted by Gasteiger charge is -2.11. The quantitative estimate of drug-likeness (QED) is 0.322. The van der Waals surface area contributed by atoms with E-state index in [-0.39, 0.29) is 4.90 Å². The zero-order chi connectivity index (χ0) is 22.6. The van der Waals surface area contributed by atoms with E-state index in [0.717, 1.165) is 11.4 Å². The topological polar surface area (TPSA) is 96.0 Å². The maximum absolute atomic E-state index is 12.5. The molecule has 1 aromatic heterocycles. The molecule has 0 radical (unpaired) electrons. The van der Waals surface area contributed by atoms with Crippen LogP contribution in [0.25, 0.3) is 0 Å². The molecule has 0 fully saturated rings. The van der Waals surface area contributed by atoms with Crippen molar-refractivity contribution < 1.29 is 8.42 Å². The summed E-state index contributed by atoms with van der Waals surface area (Å²) in [6, 6.07) is 24.5. The average Bonchev–Trinajstić information content (AvgIpc) is 2.75. The Kier molecular flexibility index (Phi) is 6.25. The average molecular weight is 466 g/mol. The molecule has 0 aliphatic carbocycles. The molecule has 0 amide bonds. The summed E-state index contributed by atoms with van der Waals surface area (Å²) < 4.78 is 27.6. The minimum atomic E-state index is -3.74. The van der Waals surface area contributed by atoms with Crippen LogP contribution in [0.15, 0.2) is 89.8 Å². The van der Waals surface area contributed by atoms with Gasteiger partial charge in [0.05, 0.1) is 4.90 Å². The highest BCUT2D eigenvalue weighted by atomic mass is 35.5. The Morgan fingerprint density at radius 3 is 2.16 bits per heavy atom. The van der Waals surface area contributed by atoms with E-state index < -0.39 is 10.0 Å². The number of halogens is 1. The van der Waals surface area contributed by atoms with Crippen molar-refractivity contribution in [2.45, 2.75) is 11.8 Å². The SMILES string of the molecule is Cc1cc(Nc2ccccc2)nc(Nc2ccc(NS(=O)(=O)c3cccc(Cl)c3)cc2)n1. The number of nitrogens with zero attached hydrogens (tertiary/aromatic N) is 2. The van der Waals surface area contributed by atoms with Crippen LogP contribution in [0.3, 0.4) is 0 Å². The summed E-state index contributed by atoms with van der Waals surface area (Å²) in [7, 11) is -3.74. The number of nitrogens with one attached hydrogen (secondary N) is 3. The van der Waals surface area contributed by atoms with E-state index in [9.17, 15) is 8.42 Å². The van der Waals surface area contributed by atoms with Crippen LogP contribution in [0, 0.1) is 6.92 Å². The largest absolute Gasteiger partial charge is 0.340 e. The Bertz CT molecular complexity index is 1330. The molecule has 0 bridgehead atoms. The fourth-order valence-electron chi connectivity index (χ4n) is 2.96. The van der Waals surface area contributed by atoms with Gasteiger partial charge >= 0.3 is 0 Å². The number of hydrogen-bond donors (Lipinski definition) is 3. The van der Waals surface area contributed by atoms with Gasteiger partial charge in [-0.25, -0.2) is 13.4 Å². The number of aromatic nitrogens is 2. The Labute approximate surface area is 191 Å². The summed E-state index contributed by atoms with van der Waals surface area (Å²) in [5.41, 5.74) is 2.86. The highest BCUT2D eigenvalue weighted by Gasteiger charge is 2.14. The molecule has 9 heteroatoms. The Hall–Kier alpha value is -3.62. The predicted octanol–water partition coefficient (Wildman–Crippen LogP) is 5.73. The van der Waals surface area contributed by atoms with E-state index in [1.165, 1.54) is 12.1 Å². The van der Waals surface area contributed by atoms with Crippen LogP contribution in [0.4, 0.5) is 28.8 Å². The van der Waals surface area contributed by atoms with Crippen molar-refractivity contribution in [3.8, 4) is 0 Å². The van der Waals surface area contributed by atoms with Gasteiger partial charge in [-0.1, -0.05) is 35.9 Å². The molecule has 0 aliphatic heterocycles. The number of benzene rings is 3. The number of hydrogen-bond acceptors (Lipinski definition) is 6. The van der Waals surface area contributed by atoms with Crippen LogP contribution in [0.5, 0.6) is 0 Å². The van der Waals surface area contributed by atoms with E-state index in [2.05, 4.69) is 25.3 Å². The molecule has 0 unspecified atom stereocenters. The molecule has 4 rings (SSSR count). The van der Waals surface area contributed by atoms with E-state index in [1.807, 2.05) is 43.3 Å². The second-order valence-corrected chi connectivity index (χ2v) is 9.09. The molecule has 0 atom stereocenters. The molecule has 7 nitrogen and oxygen atoms in total. The van der Waals surface area contributed by atoms with Gasteiger partial charge < -0.3 is 10.6 Å². The van der Waals surface area contributed by atoms with Crippen molar-refractivity contribution in [2.24, 2.45) is 0 Å². The van der Waals surface area contributed by atoms with Gasteiger partial charge in [-0.15, -0.1) is 0 Å². The smallest absolute Gasteiger partial charge is 0.261 e. The zero-order valence-electron chi connectivity index (χ0n) is 17.1. The van der Waals surface area contributed by atoms with Crippen LogP contribution in [0.1, 0.15) is 5.69 Å². The van der Waals surface area contributed by atoms with Gasteiger partial charge in [0.15, 0.2) is 0 Å². The third kappa shape index (κ3) is 5.54. The molecule has 32 heavy (non-hydrogen) atoms. The summed E-state index contributed by atoms with van der Waals surface area (Å²) >= 11 is 5.90. The van der Waals surface area contributed by atoms with Gasteiger partial charge in [0.25, 0.3) is 10.0 Å². The fourth-order valence-corrected chi connectivity index (χ4v) is 4.32. The third-order valence-electron chi connectivity index (χ3n) is 4.40. The van der Waals surface area contributed by atoms with Gasteiger partial charge in [-0.2, -0.15) is 4.98 Å². The lowest BCUT2D eigenvalue weighted by Crippen LogP contribution is -2.12. The monoisotopic (exact) mass is 465 g/mol. The number of rotatable bonds is 7. The summed E-state index contributed by atoms with van der Waals surface area (Å²) in [6.07, 6.45) is 0. The molecular formula is C23H20ClN5O2S. The molecule has 3 N–H and O–H groups in total. The summed E-state index contributed by atoms with van der Waals surface area (Å²) in [6.45, 7) is 1.89. The summed E-state index contributed by atoms with van der Waals surface area (Å²) in [4.78, 5) is 9.01. The van der Waals surface area contributed by atoms with Crippen LogP contribution in [-0.2, 0) is 10.0 Å². The van der Waals surface area contributed by atoms with Crippen molar-refractivity contribution in [1.29, 1.82) is 0 Å². The van der Waals surface area contributed by atoms with Crippen molar-refractivity contribution in [3.63, 3.8) is 0 Å². The number of anilines is 5. The number of aryl methyl sites for hydroxylation is 1. The Morgan fingerprint density at radius 2 is 1.44 bits per heavy atom. The van der Waals surface area contributed by atoms with Crippen LogP contribution in [0.2, 0.25) is 5.02 Å². The minimum absolute atomic E-state index is 0.0961. The number of para-hydroxylation sites is 1. The van der Waals surface area contributed by atoms with Gasteiger partial charge in [-0.3, -0.25) is 4.72 Å². The molecule has 162 valence electrons. The highest BCUT2D eigenvalue weighted by Crippen LogP contribution is 2.23. The van der Waals surface area contributed by atoms with Crippen LogP contribution < -0.4 is 15.4 Å². The van der Waals surface area contributed by atoms with Crippen molar-refractivity contribution in [2.75, 3.05) is 15.4 Å². The van der Waals surface area contributed by atoms with E-state index >= 15 is 0 Å². The Balaban J connectivity index is 1.47. The lowest BCUT2D eigenvalue weighted by molar-refractivity contribution is 0.601. The summed E-state index contributed by atoms with van der Waals surface area (Å²) in [5.74, 6) is 1.09. The second kappa shape index (κ2) is 9.25. The lowest BCUT2D eigenvalue weighted by atomic mass is 10.3. The standard InChI is InChI=1S/C23H20ClN5O2S/c1-16-14-22(26-18-7-3-2-4-8-18)28-23(25-16)27-19-10-12-20(13-11-19)29-32(30,31)21-9-5-6-17(24)15-21/h2-15,29H,1H3,(H2,25,26,27,28). The first kappa shape index (κ1) is 21.6. The fraction of sp³-hybridized carbons (Fsp3) is 0.0435. The van der Waals surface area contributed by atoms with E-state index in [0.29, 0.717) is 28.2 Å². The molecule has 0 saturated carbocycles. The van der Waals surface area contributed by atoms with Crippen molar-refractivity contribution in [1.82, 2.24) is 9.97 Å². The number of sulfonamides is 1. The normalized spacial score (nSPS) is 11.1. The van der Waals surface area contributed by atoms with Crippen molar-refractivity contribution >= 4 is 50.5 Å². The molecule has 1 heterocycles. The van der Waals surface area contributed by atoms with Crippen molar-refractivity contribution in [3.05, 3.63) is 95.6 Å². The first-order chi connectivity index (χ1) is 15.4. The van der Waals surface area contributed by atoms with Gasteiger partial charge in [0.2, 0.25) is 5.95 Å². The second-order valence-electron chi connectivity index (χ2n) is 6.97. The van der Waals surface area contributed by atoms with Gasteiger partial charge in [-0.05, 0) is 61.5 Å². The van der Waals surface area contributed by atoms with E-state index in [1.54, 1.807) is 36.4 Å². The minimum Gasteiger partial charge on any atom is -0.340 e.